The summed E-state index contributed by atoms with van der Waals surface area (Å²) in [5.41, 5.74) is 10.8. The molecule has 0 aliphatic carbocycles. The Morgan fingerprint density at radius 1 is 1.30 bits per heavy atom. The highest BCUT2D eigenvalue weighted by atomic mass is 35.5. The van der Waals surface area contributed by atoms with E-state index in [1.165, 1.54) is 0 Å². The first-order valence-corrected chi connectivity index (χ1v) is 10.8. The van der Waals surface area contributed by atoms with Crippen LogP contribution in [0.25, 0.3) is 22.4 Å². The number of aliphatic hydroxyl groups is 1. The van der Waals surface area contributed by atoms with Crippen molar-refractivity contribution in [1.82, 2.24) is 15.0 Å². The molecule has 4 rings (SSSR count). The number of H-pyrrole nitrogens is 2. The van der Waals surface area contributed by atoms with Crippen LogP contribution in [0.5, 0.6) is 0 Å². The van der Waals surface area contributed by atoms with E-state index in [0.717, 1.165) is 27.7 Å². The van der Waals surface area contributed by atoms with E-state index in [1.807, 2.05) is 37.3 Å². The molecule has 0 saturated carbocycles. The van der Waals surface area contributed by atoms with Gasteiger partial charge in [0.05, 0.1) is 29.4 Å². The van der Waals surface area contributed by atoms with Crippen molar-refractivity contribution in [3.8, 4) is 11.4 Å². The largest absolute Gasteiger partial charge is 0.394 e. The number of aromatic amines is 2. The molecule has 1 atom stereocenters. The van der Waals surface area contributed by atoms with Crippen LogP contribution in [0.3, 0.4) is 0 Å². The SMILES string of the molecule is CN=C(N)c1cc(C)c2nc(-c3c(NC(CO)Cc4cccc(Cl)c4)cc[nH]c3=O)[nH]c2c1. The van der Waals surface area contributed by atoms with Crippen LogP contribution in [0.4, 0.5) is 5.69 Å². The van der Waals surface area contributed by atoms with E-state index in [0.29, 0.717) is 34.4 Å². The third-order valence-corrected chi connectivity index (χ3v) is 5.70. The maximum atomic E-state index is 12.8. The van der Waals surface area contributed by atoms with Gasteiger partial charge >= 0.3 is 0 Å². The summed E-state index contributed by atoms with van der Waals surface area (Å²) < 4.78 is 0. The monoisotopic (exact) mass is 464 g/mol. The quantitative estimate of drug-likeness (QED) is 0.211. The Morgan fingerprint density at radius 3 is 2.85 bits per heavy atom. The van der Waals surface area contributed by atoms with E-state index in [4.69, 9.17) is 17.3 Å². The number of fused-ring (bicyclic) bond motifs is 1. The van der Waals surface area contributed by atoms with Crippen LogP contribution in [0.15, 0.2) is 58.4 Å². The highest BCUT2D eigenvalue weighted by Crippen LogP contribution is 2.27. The summed E-state index contributed by atoms with van der Waals surface area (Å²) >= 11 is 6.09. The molecule has 0 saturated heterocycles. The van der Waals surface area contributed by atoms with E-state index in [9.17, 15) is 9.90 Å². The number of aromatic nitrogens is 3. The standard InChI is InChI=1S/C24H25ClN6O2/c1-13-8-15(22(26)27-2)11-19-21(13)31-23(30-19)20-18(6-7-28-24(20)33)29-17(12-32)10-14-4-3-5-16(25)9-14/h3-9,11,17,32H,10,12H2,1-2H3,(H2,26,27)(H,30,31)(H2,28,29,33). The molecule has 2 aromatic carbocycles. The molecular weight excluding hydrogens is 440 g/mol. The van der Waals surface area contributed by atoms with Gasteiger partial charge in [-0.15, -0.1) is 0 Å². The van der Waals surface area contributed by atoms with Gasteiger partial charge in [-0.2, -0.15) is 0 Å². The Labute approximate surface area is 195 Å². The summed E-state index contributed by atoms with van der Waals surface area (Å²) in [6.07, 6.45) is 2.09. The minimum Gasteiger partial charge on any atom is -0.394 e. The molecule has 6 N–H and O–H groups in total. The van der Waals surface area contributed by atoms with E-state index >= 15 is 0 Å². The lowest BCUT2D eigenvalue weighted by Gasteiger charge is -2.19. The number of benzene rings is 2. The average molecular weight is 465 g/mol. The van der Waals surface area contributed by atoms with Crippen LogP contribution >= 0.6 is 11.6 Å². The molecule has 0 amide bonds. The van der Waals surface area contributed by atoms with Crippen LogP contribution in [0, 0.1) is 6.92 Å². The van der Waals surface area contributed by atoms with Crippen molar-refractivity contribution in [3.05, 3.63) is 80.7 Å². The van der Waals surface area contributed by atoms with Gasteiger partial charge in [-0.25, -0.2) is 4.98 Å². The molecule has 2 aromatic heterocycles. The molecule has 0 bridgehead atoms. The molecule has 33 heavy (non-hydrogen) atoms. The summed E-state index contributed by atoms with van der Waals surface area (Å²) in [6.45, 7) is 1.80. The zero-order chi connectivity index (χ0) is 23.5. The number of aliphatic hydroxyl groups excluding tert-OH is 1. The number of halogens is 1. The van der Waals surface area contributed by atoms with Gasteiger partial charge in [0.2, 0.25) is 0 Å². The van der Waals surface area contributed by atoms with Gasteiger partial charge in [0.25, 0.3) is 5.56 Å². The number of hydrogen-bond donors (Lipinski definition) is 5. The number of imidazole rings is 1. The van der Waals surface area contributed by atoms with E-state index < -0.39 is 0 Å². The molecule has 170 valence electrons. The number of nitrogens with one attached hydrogen (secondary N) is 3. The van der Waals surface area contributed by atoms with Crippen molar-refractivity contribution >= 4 is 34.2 Å². The van der Waals surface area contributed by atoms with Crippen LogP contribution in [-0.2, 0) is 6.42 Å². The number of nitrogens with zero attached hydrogens (tertiary/aromatic N) is 2. The molecule has 0 aliphatic heterocycles. The lowest BCUT2D eigenvalue weighted by molar-refractivity contribution is 0.274. The van der Waals surface area contributed by atoms with Gasteiger partial charge in [-0.05, 0) is 54.8 Å². The number of pyridine rings is 1. The predicted octanol–water partition coefficient (Wildman–Crippen LogP) is 3.23. The molecular formula is C24H25ClN6O2. The first-order valence-electron chi connectivity index (χ1n) is 10.5. The molecule has 0 fully saturated rings. The summed E-state index contributed by atoms with van der Waals surface area (Å²) in [7, 11) is 1.63. The number of aliphatic imine (C=N–C) groups is 1. The number of nitrogens with two attached hydrogens (primary N) is 1. The number of amidine groups is 1. The first kappa shape index (κ1) is 22.6. The Bertz CT molecular complexity index is 1390. The van der Waals surface area contributed by atoms with Crippen molar-refractivity contribution in [2.45, 2.75) is 19.4 Å². The summed E-state index contributed by atoms with van der Waals surface area (Å²) in [5, 5.41) is 13.9. The van der Waals surface area contributed by atoms with Gasteiger partial charge in [-0.1, -0.05) is 23.7 Å². The minimum absolute atomic E-state index is 0.128. The number of aryl methyl sites for hydroxylation is 1. The second kappa shape index (κ2) is 9.48. The fraction of sp³-hybridized carbons (Fsp3) is 0.208. The van der Waals surface area contributed by atoms with Crippen molar-refractivity contribution in [2.75, 3.05) is 19.0 Å². The smallest absolute Gasteiger partial charge is 0.261 e. The number of rotatable bonds is 7. The highest BCUT2D eigenvalue weighted by molar-refractivity contribution is 6.30. The minimum atomic E-state index is -0.331. The number of anilines is 1. The van der Waals surface area contributed by atoms with Gasteiger partial charge < -0.3 is 26.1 Å². The van der Waals surface area contributed by atoms with Crippen molar-refractivity contribution in [2.24, 2.45) is 10.7 Å². The maximum absolute atomic E-state index is 12.8. The average Bonchev–Trinajstić information content (AvgIpc) is 3.22. The third-order valence-electron chi connectivity index (χ3n) is 5.46. The zero-order valence-electron chi connectivity index (χ0n) is 18.3. The zero-order valence-corrected chi connectivity index (χ0v) is 19.1. The summed E-state index contributed by atoms with van der Waals surface area (Å²) in [6, 6.07) is 12.7. The molecule has 0 spiro atoms. The highest BCUT2D eigenvalue weighted by Gasteiger charge is 2.18. The van der Waals surface area contributed by atoms with Crippen LogP contribution < -0.4 is 16.6 Å². The molecule has 9 heteroatoms. The fourth-order valence-electron chi connectivity index (χ4n) is 3.85. The van der Waals surface area contributed by atoms with Crippen LogP contribution in [0.2, 0.25) is 5.02 Å². The van der Waals surface area contributed by atoms with Crippen molar-refractivity contribution < 1.29 is 5.11 Å². The summed E-state index contributed by atoms with van der Waals surface area (Å²) in [5.74, 6) is 0.837. The fourth-order valence-corrected chi connectivity index (χ4v) is 4.06. The Kier molecular flexibility index (Phi) is 6.48. The second-order valence-corrected chi connectivity index (χ2v) is 8.27. The van der Waals surface area contributed by atoms with E-state index in [-0.39, 0.29) is 18.2 Å². The van der Waals surface area contributed by atoms with E-state index in [2.05, 4.69) is 25.3 Å². The normalized spacial score (nSPS) is 12.8. The van der Waals surface area contributed by atoms with Crippen LogP contribution in [0.1, 0.15) is 16.7 Å². The molecule has 2 heterocycles. The Hall–Kier alpha value is -3.62. The van der Waals surface area contributed by atoms with Gasteiger partial charge in [0.15, 0.2) is 0 Å². The molecule has 4 aromatic rings. The van der Waals surface area contributed by atoms with Gasteiger partial charge in [0.1, 0.15) is 17.2 Å². The van der Waals surface area contributed by atoms with Gasteiger partial charge in [0, 0.05) is 23.8 Å². The molecule has 8 nitrogen and oxygen atoms in total. The topological polar surface area (TPSA) is 132 Å². The lowest BCUT2D eigenvalue weighted by Crippen LogP contribution is -2.28. The Balaban J connectivity index is 1.73. The maximum Gasteiger partial charge on any atom is 0.261 e. The van der Waals surface area contributed by atoms with E-state index in [1.54, 1.807) is 25.4 Å². The van der Waals surface area contributed by atoms with Gasteiger partial charge in [-0.3, -0.25) is 9.79 Å². The number of hydrogen-bond acceptors (Lipinski definition) is 5. The third kappa shape index (κ3) is 4.76. The predicted molar refractivity (Wildman–Crippen MR) is 133 cm³/mol. The second-order valence-electron chi connectivity index (χ2n) is 7.84. The first-order chi connectivity index (χ1) is 15.9. The molecule has 0 aliphatic rings. The summed E-state index contributed by atoms with van der Waals surface area (Å²) in [4.78, 5) is 27.5. The van der Waals surface area contributed by atoms with Crippen LogP contribution in [-0.4, -0.2) is 45.6 Å². The Morgan fingerprint density at radius 2 is 2.12 bits per heavy atom. The van der Waals surface area contributed by atoms with Crippen molar-refractivity contribution in [1.29, 1.82) is 0 Å². The van der Waals surface area contributed by atoms with Crippen molar-refractivity contribution in [3.63, 3.8) is 0 Å². The molecule has 1 unspecified atom stereocenters. The lowest BCUT2D eigenvalue weighted by atomic mass is 10.1. The molecule has 0 radical (unpaired) electrons.